The lowest BCUT2D eigenvalue weighted by molar-refractivity contribution is -0.116. The van der Waals surface area contributed by atoms with Crippen LogP contribution in [0.25, 0.3) is 16.9 Å². The normalized spacial score (nSPS) is 10.5. The van der Waals surface area contributed by atoms with E-state index in [1.165, 1.54) is 10.8 Å². The first kappa shape index (κ1) is 21.5. The van der Waals surface area contributed by atoms with Crippen molar-refractivity contribution < 1.29 is 4.79 Å². The Bertz CT molecular complexity index is 1460. The van der Waals surface area contributed by atoms with Gasteiger partial charge in [0.2, 0.25) is 5.91 Å². The van der Waals surface area contributed by atoms with Crippen LogP contribution < -0.4 is 16.6 Å². The molecule has 0 aliphatic carbocycles. The summed E-state index contributed by atoms with van der Waals surface area (Å²) in [5.41, 5.74) is 0.581. The third-order valence-electron chi connectivity index (χ3n) is 5.05. The lowest BCUT2D eigenvalue weighted by Crippen LogP contribution is -2.43. The zero-order valence-corrected chi connectivity index (χ0v) is 17.8. The lowest BCUT2D eigenvalue weighted by atomic mass is 10.2. The van der Waals surface area contributed by atoms with Crippen molar-refractivity contribution in [3.8, 4) is 23.0 Å². The van der Waals surface area contributed by atoms with E-state index >= 15 is 0 Å². The van der Waals surface area contributed by atoms with Gasteiger partial charge in [-0.05, 0) is 19.1 Å². The van der Waals surface area contributed by atoms with Crippen LogP contribution in [0.4, 0.5) is 5.82 Å². The quantitative estimate of drug-likeness (QED) is 0.494. The van der Waals surface area contributed by atoms with Crippen LogP contribution in [0.15, 0.2) is 82.5 Å². The van der Waals surface area contributed by atoms with Crippen LogP contribution in [0.5, 0.6) is 0 Å². The summed E-state index contributed by atoms with van der Waals surface area (Å²) in [6.45, 7) is 1.44. The number of para-hydroxylation sites is 1. The molecule has 0 atom stereocenters. The summed E-state index contributed by atoms with van der Waals surface area (Å²) in [6.07, 6.45) is 1.20. The third-order valence-corrected chi connectivity index (χ3v) is 5.05. The molecule has 9 nitrogen and oxygen atoms in total. The Morgan fingerprint density at radius 1 is 1.06 bits per heavy atom. The fraction of sp³-hybridized carbons (Fsp3) is 0.125. The van der Waals surface area contributed by atoms with E-state index in [4.69, 9.17) is 0 Å². The summed E-state index contributed by atoms with van der Waals surface area (Å²) in [6, 6.07) is 22.3. The summed E-state index contributed by atoms with van der Waals surface area (Å²) in [4.78, 5) is 37.9. The van der Waals surface area contributed by atoms with Gasteiger partial charge in [0.15, 0.2) is 0 Å². The zero-order valence-electron chi connectivity index (χ0n) is 17.8. The van der Waals surface area contributed by atoms with E-state index in [0.29, 0.717) is 11.5 Å². The molecular weight excluding hydrogens is 420 g/mol. The molecule has 2 aromatic carbocycles. The molecule has 0 unspecified atom stereocenters. The second kappa shape index (κ2) is 9.20. The van der Waals surface area contributed by atoms with Gasteiger partial charge in [-0.25, -0.2) is 14.0 Å². The van der Waals surface area contributed by atoms with Gasteiger partial charge in [0.25, 0.3) is 5.56 Å². The number of aromatic nitrogens is 4. The molecule has 164 valence electrons. The standard InChI is InChI=1S/C24H20N6O3/c1-2-28-15-18(14-25)23(32)29(24(28)33)16-22(31)26-21-13-20(17-9-5-3-6-10-17)27-30(21)19-11-7-4-8-12-19/h3-13,15H,2,16H2,1H3,(H,26,31). The van der Waals surface area contributed by atoms with Crippen LogP contribution in [-0.2, 0) is 17.9 Å². The van der Waals surface area contributed by atoms with Gasteiger partial charge < -0.3 is 5.32 Å². The molecule has 0 aliphatic rings. The van der Waals surface area contributed by atoms with Gasteiger partial charge in [0.05, 0.1) is 11.4 Å². The molecular formula is C24H20N6O3. The average molecular weight is 440 g/mol. The van der Waals surface area contributed by atoms with Gasteiger partial charge in [-0.2, -0.15) is 10.4 Å². The van der Waals surface area contributed by atoms with Gasteiger partial charge in [-0.3, -0.25) is 14.2 Å². The lowest BCUT2D eigenvalue weighted by Gasteiger charge is -2.11. The van der Waals surface area contributed by atoms with Crippen molar-refractivity contribution in [2.75, 3.05) is 5.32 Å². The predicted molar refractivity (Wildman–Crippen MR) is 123 cm³/mol. The molecule has 0 saturated heterocycles. The monoisotopic (exact) mass is 440 g/mol. The summed E-state index contributed by atoms with van der Waals surface area (Å²) < 4.78 is 3.56. The largest absolute Gasteiger partial charge is 0.331 e. The highest BCUT2D eigenvalue weighted by Gasteiger charge is 2.17. The highest BCUT2D eigenvalue weighted by atomic mass is 16.2. The van der Waals surface area contributed by atoms with Gasteiger partial charge in [0.1, 0.15) is 24.0 Å². The molecule has 0 fully saturated rings. The topological polar surface area (TPSA) is 115 Å². The minimum absolute atomic E-state index is 0.204. The van der Waals surface area contributed by atoms with Gasteiger partial charge in [0, 0.05) is 24.4 Å². The fourth-order valence-corrected chi connectivity index (χ4v) is 3.41. The smallest absolute Gasteiger partial charge is 0.309 e. The minimum Gasteiger partial charge on any atom is -0.309 e. The van der Waals surface area contributed by atoms with Crippen LogP contribution >= 0.6 is 0 Å². The Hall–Kier alpha value is -4.71. The molecule has 1 amide bonds. The number of nitrogens with zero attached hydrogens (tertiary/aromatic N) is 5. The molecule has 0 aliphatic heterocycles. The van der Waals surface area contributed by atoms with Crippen molar-refractivity contribution in [2.24, 2.45) is 0 Å². The number of aryl methyl sites for hydroxylation is 1. The first-order chi connectivity index (χ1) is 16.0. The molecule has 0 spiro atoms. The summed E-state index contributed by atoms with van der Waals surface area (Å²) in [5.74, 6) is -0.214. The highest BCUT2D eigenvalue weighted by molar-refractivity contribution is 5.90. The van der Waals surface area contributed by atoms with Gasteiger partial charge >= 0.3 is 5.69 Å². The number of benzene rings is 2. The molecule has 4 rings (SSSR count). The van der Waals surface area contributed by atoms with Crippen LogP contribution in [-0.4, -0.2) is 24.8 Å². The van der Waals surface area contributed by atoms with E-state index in [9.17, 15) is 19.6 Å². The van der Waals surface area contributed by atoms with Crippen LogP contribution in [0.3, 0.4) is 0 Å². The van der Waals surface area contributed by atoms with Crippen molar-refractivity contribution in [1.82, 2.24) is 18.9 Å². The molecule has 2 heterocycles. The first-order valence-electron chi connectivity index (χ1n) is 10.3. The number of rotatable bonds is 6. The van der Waals surface area contributed by atoms with E-state index in [-0.39, 0.29) is 12.1 Å². The number of amides is 1. The van der Waals surface area contributed by atoms with Crippen molar-refractivity contribution in [1.29, 1.82) is 5.26 Å². The molecule has 1 N–H and O–H groups in total. The molecule has 33 heavy (non-hydrogen) atoms. The number of hydrogen-bond acceptors (Lipinski definition) is 5. The Morgan fingerprint density at radius 2 is 1.73 bits per heavy atom. The predicted octanol–water partition coefficient (Wildman–Crippen LogP) is 2.39. The van der Waals surface area contributed by atoms with Gasteiger partial charge in [-0.15, -0.1) is 0 Å². The van der Waals surface area contributed by atoms with Crippen molar-refractivity contribution >= 4 is 11.7 Å². The maximum Gasteiger partial charge on any atom is 0.331 e. The SMILES string of the molecule is CCn1cc(C#N)c(=O)n(CC(=O)Nc2cc(-c3ccccc3)nn2-c2ccccc2)c1=O. The second-order valence-electron chi connectivity index (χ2n) is 7.19. The zero-order chi connectivity index (χ0) is 23.4. The Labute approximate surface area is 188 Å². The van der Waals surface area contributed by atoms with E-state index < -0.39 is 23.7 Å². The summed E-state index contributed by atoms with van der Waals surface area (Å²) in [7, 11) is 0. The number of nitriles is 1. The molecule has 2 aromatic heterocycles. The number of hydrogen-bond donors (Lipinski definition) is 1. The summed E-state index contributed by atoms with van der Waals surface area (Å²) >= 11 is 0. The van der Waals surface area contributed by atoms with Crippen LogP contribution in [0.2, 0.25) is 0 Å². The minimum atomic E-state index is -0.802. The van der Waals surface area contributed by atoms with Crippen molar-refractivity contribution in [3.05, 3.63) is 99.3 Å². The van der Waals surface area contributed by atoms with Crippen molar-refractivity contribution in [2.45, 2.75) is 20.0 Å². The summed E-state index contributed by atoms with van der Waals surface area (Å²) in [5, 5.41) is 16.6. The van der Waals surface area contributed by atoms with E-state index in [1.807, 2.05) is 60.7 Å². The fourth-order valence-electron chi connectivity index (χ4n) is 3.41. The van der Waals surface area contributed by atoms with Crippen molar-refractivity contribution in [3.63, 3.8) is 0 Å². The van der Waals surface area contributed by atoms with Crippen LogP contribution in [0.1, 0.15) is 12.5 Å². The third kappa shape index (κ3) is 4.36. The van der Waals surface area contributed by atoms with Gasteiger partial charge in [-0.1, -0.05) is 48.5 Å². The highest BCUT2D eigenvalue weighted by Crippen LogP contribution is 2.24. The van der Waals surface area contributed by atoms with E-state index in [1.54, 1.807) is 23.7 Å². The van der Waals surface area contributed by atoms with Crippen LogP contribution in [0, 0.1) is 11.3 Å². The Morgan fingerprint density at radius 3 is 2.36 bits per heavy atom. The molecule has 9 heteroatoms. The average Bonchev–Trinajstić information content (AvgIpc) is 3.26. The number of carbonyl (C=O) groups is 1. The molecule has 4 aromatic rings. The second-order valence-corrected chi connectivity index (χ2v) is 7.19. The Balaban J connectivity index is 1.71. The molecule has 0 bridgehead atoms. The molecule has 0 radical (unpaired) electrons. The maximum atomic E-state index is 12.9. The maximum absolute atomic E-state index is 12.9. The first-order valence-corrected chi connectivity index (χ1v) is 10.3. The van der Waals surface area contributed by atoms with E-state index in [0.717, 1.165) is 15.8 Å². The Kier molecular flexibility index (Phi) is 6.00. The molecule has 0 saturated carbocycles. The number of nitrogens with one attached hydrogen (secondary N) is 1. The number of anilines is 1. The number of carbonyl (C=O) groups excluding carboxylic acids is 1. The van der Waals surface area contributed by atoms with E-state index in [2.05, 4.69) is 10.4 Å².